The Bertz CT molecular complexity index is 550. The fourth-order valence-corrected chi connectivity index (χ4v) is 2.38. The molecule has 0 fully saturated rings. The van der Waals surface area contributed by atoms with Crippen molar-refractivity contribution < 1.29 is 72.0 Å². The Hall–Kier alpha value is -1.67. The van der Waals surface area contributed by atoms with Crippen LogP contribution >= 0.6 is 0 Å². The van der Waals surface area contributed by atoms with Crippen LogP contribution in [-0.2, 0) is 56.7 Å². The van der Waals surface area contributed by atoms with Crippen molar-refractivity contribution in [3.8, 4) is 0 Å². The molecule has 0 atom stereocenters. The first-order valence-electron chi connectivity index (χ1n) is 8.75. The van der Waals surface area contributed by atoms with Crippen molar-refractivity contribution in [2.24, 2.45) is 0 Å². The second kappa shape index (κ2) is 17.1. The third-order valence-corrected chi connectivity index (χ3v) is 3.82. The van der Waals surface area contributed by atoms with E-state index in [1.165, 1.54) is 28.8 Å². The Morgan fingerprint density at radius 2 is 0.833 bits per heavy atom. The van der Waals surface area contributed by atoms with Gasteiger partial charge in [0.2, 0.25) is 11.8 Å². The van der Waals surface area contributed by atoms with Crippen molar-refractivity contribution in [2.75, 3.05) is 73.0 Å². The molecule has 14 heteroatoms. The number of carboxylic acids is 3. The zero-order valence-electron chi connectivity index (χ0n) is 17.0. The maximum absolute atomic E-state index is 11.5. The third-order valence-electron chi connectivity index (χ3n) is 3.82. The maximum atomic E-state index is 11.5. The summed E-state index contributed by atoms with van der Waals surface area (Å²) in [6.07, 6.45) is 0. The van der Waals surface area contributed by atoms with E-state index >= 15 is 0 Å². The zero-order valence-corrected chi connectivity index (χ0v) is 19.9. The predicted molar refractivity (Wildman–Crippen MR) is 92.5 cm³/mol. The zero-order chi connectivity index (χ0) is 22.4. The number of carbonyl (C=O) groups is 5. The van der Waals surface area contributed by atoms with Gasteiger partial charge in [-0.2, -0.15) is 0 Å². The van der Waals surface area contributed by atoms with Crippen molar-refractivity contribution in [1.82, 2.24) is 25.3 Å². The van der Waals surface area contributed by atoms with E-state index in [1.54, 1.807) is 0 Å². The summed E-state index contributed by atoms with van der Waals surface area (Å²) in [5, 5.41) is 37.4. The number of amides is 2. The molecule has 13 nitrogen and oxygen atoms in total. The summed E-state index contributed by atoms with van der Waals surface area (Å²) >= 11 is 0. The van der Waals surface area contributed by atoms with Gasteiger partial charge >= 0.3 is 32.7 Å². The van der Waals surface area contributed by atoms with Crippen LogP contribution in [0.15, 0.2) is 0 Å². The molecule has 0 bridgehead atoms. The minimum Gasteiger partial charge on any atom is -0.549 e. The summed E-state index contributed by atoms with van der Waals surface area (Å²) in [4.78, 5) is 59.6. The molecule has 30 heavy (non-hydrogen) atoms. The van der Waals surface area contributed by atoms with Gasteiger partial charge in [-0.3, -0.25) is 24.3 Å². The standard InChI is InChI=1S/C16H29N5O8.Y/c1-17-12(22)7-20(10-15(26)27)5-3-19(9-14(24)25)4-6-21(11-16(28)29)8-13(23)18-2;/h3-11H2,1-2H3,(H,17,22)(H,18,23)(H,24,25)(H,26,27)(H,28,29);/q;+3/p-3. The fraction of sp³-hybridized carbons (Fsp3) is 0.688. The van der Waals surface area contributed by atoms with E-state index in [9.17, 15) is 39.3 Å². The molecule has 0 unspecified atom stereocenters. The molecular formula is C16H26N5O8Y. The van der Waals surface area contributed by atoms with Gasteiger partial charge in [0.05, 0.1) is 31.0 Å². The molecule has 0 aromatic heterocycles. The van der Waals surface area contributed by atoms with Crippen molar-refractivity contribution >= 4 is 29.7 Å². The van der Waals surface area contributed by atoms with E-state index in [1.807, 2.05) is 0 Å². The quantitative estimate of drug-likeness (QED) is 0.203. The van der Waals surface area contributed by atoms with Crippen LogP contribution in [0.3, 0.4) is 0 Å². The number of likely N-dealkylation sites (N-methyl/N-ethyl adjacent to an activating group) is 2. The molecule has 0 aromatic carbocycles. The van der Waals surface area contributed by atoms with Gasteiger partial charge in [0, 0.05) is 59.9 Å². The molecule has 2 N–H and O–H groups in total. The predicted octanol–water partition coefficient (Wildman–Crippen LogP) is -7.37. The van der Waals surface area contributed by atoms with E-state index in [4.69, 9.17) is 0 Å². The molecule has 0 aliphatic carbocycles. The number of nitrogens with zero attached hydrogens (tertiary/aromatic N) is 3. The SMILES string of the molecule is CNC(=O)CN(CCN(CCN(CC(=O)[O-])CC(=O)NC)CC(=O)[O-])CC(=O)[O-].[Y+3]. The second-order valence-electron chi connectivity index (χ2n) is 6.16. The van der Waals surface area contributed by atoms with E-state index in [0.717, 1.165) is 0 Å². The summed E-state index contributed by atoms with van der Waals surface area (Å²) in [6, 6.07) is 0. The first-order valence-corrected chi connectivity index (χ1v) is 8.75. The van der Waals surface area contributed by atoms with E-state index in [0.29, 0.717) is 0 Å². The van der Waals surface area contributed by atoms with Gasteiger partial charge in [-0.05, 0) is 0 Å². The van der Waals surface area contributed by atoms with Crippen molar-refractivity contribution in [3.05, 3.63) is 0 Å². The monoisotopic (exact) mass is 505 g/mol. The van der Waals surface area contributed by atoms with E-state index < -0.39 is 49.4 Å². The smallest absolute Gasteiger partial charge is 0.549 e. The van der Waals surface area contributed by atoms with Gasteiger partial charge in [-0.1, -0.05) is 0 Å². The van der Waals surface area contributed by atoms with Crippen LogP contribution in [-0.4, -0.2) is 117 Å². The Morgan fingerprint density at radius 3 is 1.10 bits per heavy atom. The first kappa shape index (κ1) is 30.5. The molecule has 0 aliphatic heterocycles. The molecule has 0 rings (SSSR count). The fourth-order valence-electron chi connectivity index (χ4n) is 2.38. The number of hydrogen-bond acceptors (Lipinski definition) is 11. The minimum absolute atomic E-state index is 0. The normalized spacial score (nSPS) is 10.6. The minimum atomic E-state index is -1.40. The maximum Gasteiger partial charge on any atom is 3.00 e. The summed E-state index contributed by atoms with van der Waals surface area (Å²) in [5.41, 5.74) is 0. The Kier molecular flexibility index (Phi) is 17.4. The molecule has 0 saturated carbocycles. The summed E-state index contributed by atoms with van der Waals surface area (Å²) in [5.74, 6) is -5.04. The van der Waals surface area contributed by atoms with Crippen LogP contribution in [0.2, 0.25) is 0 Å². The van der Waals surface area contributed by atoms with E-state index in [2.05, 4.69) is 10.6 Å². The molecule has 0 aromatic rings. The second-order valence-corrected chi connectivity index (χ2v) is 6.16. The number of nitrogens with one attached hydrogen (secondary N) is 2. The van der Waals surface area contributed by atoms with Crippen LogP contribution in [0, 0.1) is 0 Å². The van der Waals surface area contributed by atoms with Crippen LogP contribution in [0.1, 0.15) is 0 Å². The topological polar surface area (TPSA) is 188 Å². The van der Waals surface area contributed by atoms with Crippen molar-refractivity contribution in [1.29, 1.82) is 0 Å². The van der Waals surface area contributed by atoms with Crippen LogP contribution in [0.5, 0.6) is 0 Å². The summed E-state index contributed by atoms with van der Waals surface area (Å²) in [7, 11) is 2.78. The van der Waals surface area contributed by atoms with Crippen LogP contribution in [0.25, 0.3) is 0 Å². The van der Waals surface area contributed by atoms with Crippen LogP contribution in [0.4, 0.5) is 0 Å². The average Bonchev–Trinajstić information content (AvgIpc) is 2.61. The Balaban J connectivity index is 0. The number of carbonyl (C=O) groups excluding carboxylic acids is 5. The van der Waals surface area contributed by atoms with Gasteiger partial charge < -0.3 is 40.3 Å². The molecule has 0 radical (unpaired) electrons. The molecule has 0 aliphatic rings. The number of carboxylic acid groups (broad SMARTS) is 3. The van der Waals surface area contributed by atoms with Crippen molar-refractivity contribution in [3.63, 3.8) is 0 Å². The molecule has 0 saturated heterocycles. The largest absolute Gasteiger partial charge is 3.00 e. The van der Waals surface area contributed by atoms with Gasteiger partial charge in [0.15, 0.2) is 0 Å². The Labute approximate surface area is 199 Å². The summed E-state index contributed by atoms with van der Waals surface area (Å²) in [6.45, 7) is -1.84. The van der Waals surface area contributed by atoms with Gasteiger partial charge in [0.1, 0.15) is 0 Å². The molecular weight excluding hydrogens is 479 g/mol. The summed E-state index contributed by atoms with van der Waals surface area (Å²) < 4.78 is 0. The Morgan fingerprint density at radius 1 is 0.567 bits per heavy atom. The van der Waals surface area contributed by atoms with E-state index in [-0.39, 0.29) is 72.0 Å². The molecule has 166 valence electrons. The molecule has 0 spiro atoms. The van der Waals surface area contributed by atoms with Crippen molar-refractivity contribution in [2.45, 2.75) is 0 Å². The molecule has 0 heterocycles. The molecule has 2 amide bonds. The number of rotatable bonds is 16. The number of hydrogen-bond donors (Lipinski definition) is 2. The van der Waals surface area contributed by atoms with Gasteiger partial charge in [-0.15, -0.1) is 0 Å². The third kappa shape index (κ3) is 16.2. The average molecular weight is 505 g/mol. The van der Waals surface area contributed by atoms with Crippen LogP contribution < -0.4 is 26.0 Å². The number of aliphatic carboxylic acids is 3. The van der Waals surface area contributed by atoms with Gasteiger partial charge in [0.25, 0.3) is 0 Å². The van der Waals surface area contributed by atoms with Gasteiger partial charge in [-0.25, -0.2) is 0 Å². The first-order chi connectivity index (χ1) is 13.6.